The fraction of sp³-hybridized carbons (Fsp3) is 0.333. The molecule has 7 heteroatoms. The summed E-state index contributed by atoms with van der Waals surface area (Å²) < 4.78 is 6.97. The van der Waals surface area contributed by atoms with Crippen molar-refractivity contribution < 1.29 is 9.53 Å². The van der Waals surface area contributed by atoms with Crippen molar-refractivity contribution in [2.24, 2.45) is 5.18 Å². The third kappa shape index (κ3) is 4.41. The first-order valence-corrected chi connectivity index (χ1v) is 6.88. The minimum atomic E-state index is -0.118. The number of nitrogens with zero attached hydrogens (tertiary/aromatic N) is 4. The number of carbonyl (C=O) groups excluding carboxylic acids is 1. The summed E-state index contributed by atoms with van der Waals surface area (Å²) in [5.74, 6) is 0.660. The number of hydrogen-bond donors (Lipinski definition) is 0. The van der Waals surface area contributed by atoms with E-state index in [9.17, 15) is 9.70 Å². The second kappa shape index (κ2) is 7.35. The van der Waals surface area contributed by atoms with Crippen LogP contribution in [0.15, 0.2) is 41.8 Å². The highest BCUT2D eigenvalue weighted by atomic mass is 16.5. The number of ether oxygens (including phenoxy) is 1. The molecule has 0 spiro atoms. The molecule has 2 aromatic rings. The molecule has 0 atom stereocenters. The first kappa shape index (κ1) is 15.7. The first-order chi connectivity index (χ1) is 10.6. The van der Waals surface area contributed by atoms with Gasteiger partial charge in [-0.1, -0.05) is 17.7 Å². The van der Waals surface area contributed by atoms with Crippen molar-refractivity contribution in [3.8, 4) is 5.75 Å². The van der Waals surface area contributed by atoms with Crippen LogP contribution < -0.4 is 4.74 Å². The fourth-order valence-electron chi connectivity index (χ4n) is 1.81. The van der Waals surface area contributed by atoms with E-state index in [-0.39, 0.29) is 18.1 Å². The van der Waals surface area contributed by atoms with E-state index in [1.165, 1.54) is 22.6 Å². The standard InChI is InChI=1S/C15H18N4O3/c1-12-3-5-14(6-4-12)22-8-7-18(2)15(20)11-19-10-13(17-21)9-16-19/h3-6,9-10H,7-8,11H2,1-2H3. The van der Waals surface area contributed by atoms with Crippen molar-refractivity contribution in [3.63, 3.8) is 0 Å². The number of aromatic nitrogens is 2. The van der Waals surface area contributed by atoms with E-state index in [1.54, 1.807) is 11.9 Å². The molecule has 22 heavy (non-hydrogen) atoms. The van der Waals surface area contributed by atoms with Crippen LogP contribution >= 0.6 is 0 Å². The molecule has 0 unspecified atom stereocenters. The second-order valence-electron chi connectivity index (χ2n) is 4.96. The maximum Gasteiger partial charge on any atom is 0.244 e. The Bertz CT molecular complexity index is 636. The summed E-state index contributed by atoms with van der Waals surface area (Å²) in [6.07, 6.45) is 2.75. The molecule has 0 aliphatic rings. The van der Waals surface area contributed by atoms with Crippen LogP contribution in [0, 0.1) is 11.8 Å². The van der Waals surface area contributed by atoms with Crippen molar-refractivity contribution in [2.45, 2.75) is 13.5 Å². The Hall–Kier alpha value is -2.70. The summed E-state index contributed by atoms with van der Waals surface area (Å²) in [5.41, 5.74) is 1.38. The number of nitroso groups, excluding NO2 is 1. The zero-order chi connectivity index (χ0) is 15.9. The molecule has 116 valence electrons. The Labute approximate surface area is 128 Å². The molecule has 0 aliphatic heterocycles. The number of carbonyl (C=O) groups is 1. The number of rotatable bonds is 7. The van der Waals surface area contributed by atoms with E-state index in [4.69, 9.17) is 4.74 Å². The van der Waals surface area contributed by atoms with Gasteiger partial charge in [-0.15, -0.1) is 4.91 Å². The van der Waals surface area contributed by atoms with Gasteiger partial charge in [-0.05, 0) is 24.2 Å². The Kier molecular flexibility index (Phi) is 5.24. The number of amides is 1. The summed E-state index contributed by atoms with van der Waals surface area (Å²) in [6, 6.07) is 7.74. The van der Waals surface area contributed by atoms with E-state index in [2.05, 4.69) is 10.3 Å². The van der Waals surface area contributed by atoms with E-state index < -0.39 is 0 Å². The van der Waals surface area contributed by atoms with Gasteiger partial charge in [0.25, 0.3) is 0 Å². The highest BCUT2D eigenvalue weighted by molar-refractivity contribution is 5.75. The van der Waals surface area contributed by atoms with Crippen LogP contribution in [0.2, 0.25) is 0 Å². The largest absolute Gasteiger partial charge is 0.492 e. The van der Waals surface area contributed by atoms with E-state index in [0.717, 1.165) is 5.75 Å². The van der Waals surface area contributed by atoms with Crippen molar-refractivity contribution in [2.75, 3.05) is 20.2 Å². The third-order valence-electron chi connectivity index (χ3n) is 3.16. The van der Waals surface area contributed by atoms with Gasteiger partial charge in [0.05, 0.1) is 18.9 Å². The van der Waals surface area contributed by atoms with Gasteiger partial charge in [0.1, 0.15) is 24.6 Å². The number of benzene rings is 1. The van der Waals surface area contributed by atoms with Crippen LogP contribution in [0.5, 0.6) is 5.75 Å². The maximum atomic E-state index is 12.0. The topological polar surface area (TPSA) is 76.8 Å². The molecule has 0 radical (unpaired) electrons. The lowest BCUT2D eigenvalue weighted by molar-refractivity contribution is -0.131. The second-order valence-corrected chi connectivity index (χ2v) is 4.96. The van der Waals surface area contributed by atoms with E-state index >= 15 is 0 Å². The summed E-state index contributed by atoms with van der Waals surface area (Å²) in [6.45, 7) is 2.95. The maximum absolute atomic E-state index is 12.0. The van der Waals surface area contributed by atoms with Crippen molar-refractivity contribution in [1.82, 2.24) is 14.7 Å². The molecule has 1 aromatic carbocycles. The van der Waals surface area contributed by atoms with Gasteiger partial charge in [0.2, 0.25) is 5.91 Å². The van der Waals surface area contributed by atoms with Gasteiger partial charge in [-0.2, -0.15) is 5.10 Å². The molecular formula is C15H18N4O3. The SMILES string of the molecule is Cc1ccc(OCCN(C)C(=O)Cn2cc(N=O)cn2)cc1. The van der Waals surface area contributed by atoms with Crippen molar-refractivity contribution in [3.05, 3.63) is 47.1 Å². The lowest BCUT2D eigenvalue weighted by Crippen LogP contribution is -2.33. The van der Waals surface area contributed by atoms with Gasteiger partial charge in [0.15, 0.2) is 0 Å². The van der Waals surface area contributed by atoms with Crippen molar-refractivity contribution >= 4 is 11.6 Å². The van der Waals surface area contributed by atoms with Gasteiger partial charge < -0.3 is 9.64 Å². The Balaban J connectivity index is 1.76. The predicted molar refractivity (Wildman–Crippen MR) is 82.0 cm³/mol. The summed E-state index contributed by atoms with van der Waals surface area (Å²) in [5, 5.41) is 6.64. The van der Waals surface area contributed by atoms with Crippen LogP contribution in [-0.2, 0) is 11.3 Å². The quantitative estimate of drug-likeness (QED) is 0.734. The molecule has 1 heterocycles. The Morgan fingerprint density at radius 2 is 2.09 bits per heavy atom. The normalized spacial score (nSPS) is 10.3. The third-order valence-corrected chi connectivity index (χ3v) is 3.16. The molecular weight excluding hydrogens is 284 g/mol. The van der Waals surface area contributed by atoms with Crippen LogP contribution in [0.25, 0.3) is 0 Å². The molecule has 0 saturated carbocycles. The zero-order valence-corrected chi connectivity index (χ0v) is 12.6. The van der Waals surface area contributed by atoms with E-state index in [0.29, 0.717) is 13.2 Å². The molecule has 0 N–H and O–H groups in total. The van der Waals surface area contributed by atoms with Gasteiger partial charge in [-0.25, -0.2) is 0 Å². The van der Waals surface area contributed by atoms with Crippen LogP contribution in [0.1, 0.15) is 5.56 Å². The monoisotopic (exact) mass is 302 g/mol. The average molecular weight is 302 g/mol. The average Bonchev–Trinajstić information content (AvgIpc) is 2.96. The highest BCUT2D eigenvalue weighted by Gasteiger charge is 2.10. The van der Waals surface area contributed by atoms with Gasteiger partial charge in [-0.3, -0.25) is 9.48 Å². The summed E-state index contributed by atoms with van der Waals surface area (Å²) in [4.78, 5) is 23.9. The minimum absolute atomic E-state index is 0.0660. The number of aryl methyl sites for hydroxylation is 1. The smallest absolute Gasteiger partial charge is 0.244 e. The first-order valence-electron chi connectivity index (χ1n) is 6.88. The molecule has 0 saturated heterocycles. The van der Waals surface area contributed by atoms with Crippen LogP contribution in [0.4, 0.5) is 5.69 Å². The lowest BCUT2D eigenvalue weighted by Gasteiger charge is -2.17. The Morgan fingerprint density at radius 1 is 1.36 bits per heavy atom. The number of hydrogen-bond acceptors (Lipinski definition) is 5. The lowest BCUT2D eigenvalue weighted by atomic mass is 10.2. The van der Waals surface area contributed by atoms with Crippen LogP contribution in [0.3, 0.4) is 0 Å². The number of likely N-dealkylation sites (N-methyl/N-ethyl adjacent to an activating group) is 1. The molecule has 2 rings (SSSR count). The highest BCUT2D eigenvalue weighted by Crippen LogP contribution is 2.11. The van der Waals surface area contributed by atoms with E-state index in [1.807, 2.05) is 31.2 Å². The van der Waals surface area contributed by atoms with Crippen LogP contribution in [-0.4, -0.2) is 40.8 Å². The van der Waals surface area contributed by atoms with Crippen molar-refractivity contribution in [1.29, 1.82) is 0 Å². The molecule has 7 nitrogen and oxygen atoms in total. The molecule has 0 fully saturated rings. The Morgan fingerprint density at radius 3 is 2.73 bits per heavy atom. The predicted octanol–water partition coefficient (Wildman–Crippen LogP) is 2.13. The molecule has 0 aliphatic carbocycles. The summed E-state index contributed by atoms with van der Waals surface area (Å²) >= 11 is 0. The van der Waals surface area contributed by atoms with Gasteiger partial charge >= 0.3 is 0 Å². The van der Waals surface area contributed by atoms with Gasteiger partial charge in [0, 0.05) is 7.05 Å². The molecule has 0 bridgehead atoms. The minimum Gasteiger partial charge on any atom is -0.492 e. The molecule has 1 amide bonds. The fourth-order valence-corrected chi connectivity index (χ4v) is 1.81. The molecule has 1 aromatic heterocycles. The zero-order valence-electron chi connectivity index (χ0n) is 12.6. The summed E-state index contributed by atoms with van der Waals surface area (Å²) in [7, 11) is 1.70.